The van der Waals surface area contributed by atoms with Gasteiger partial charge in [0, 0.05) is 13.1 Å². The van der Waals surface area contributed by atoms with Crippen molar-refractivity contribution in [2.45, 2.75) is 51.5 Å². The summed E-state index contributed by atoms with van der Waals surface area (Å²) in [5.74, 6) is 3.15. The number of hydrogen-bond donors (Lipinski definition) is 1. The molecule has 0 radical (unpaired) electrons. The lowest BCUT2D eigenvalue weighted by molar-refractivity contribution is -0.388. The first-order valence-corrected chi connectivity index (χ1v) is 8.39. The normalized spacial score (nSPS) is 37.3. The van der Waals surface area contributed by atoms with E-state index in [-0.39, 0.29) is 11.9 Å². The molecule has 4 aliphatic carbocycles. The van der Waals surface area contributed by atoms with E-state index in [0.717, 1.165) is 17.8 Å². The molecule has 6 nitrogen and oxygen atoms in total. The Morgan fingerprint density at radius 2 is 1.86 bits per heavy atom. The van der Waals surface area contributed by atoms with E-state index in [2.05, 4.69) is 17.2 Å². The molecule has 0 aromatic carbocycles. The summed E-state index contributed by atoms with van der Waals surface area (Å²) < 4.78 is 1.73. The molecule has 22 heavy (non-hydrogen) atoms. The molecule has 1 aromatic heterocycles. The highest BCUT2D eigenvalue weighted by atomic mass is 16.6. The fourth-order valence-electron chi connectivity index (χ4n) is 5.78. The Morgan fingerprint density at radius 3 is 2.36 bits per heavy atom. The van der Waals surface area contributed by atoms with Gasteiger partial charge in [-0.05, 0) is 78.5 Å². The third-order valence-electron chi connectivity index (χ3n) is 6.45. The molecular weight excluding hydrogens is 280 g/mol. The highest BCUT2D eigenvalue weighted by Crippen LogP contribution is 2.61. The zero-order chi connectivity index (χ0) is 15.5. The van der Waals surface area contributed by atoms with Crippen LogP contribution in [0.5, 0.6) is 0 Å². The van der Waals surface area contributed by atoms with Crippen molar-refractivity contribution in [3.05, 3.63) is 16.4 Å². The Bertz CT molecular complexity index is 574. The highest BCUT2D eigenvalue weighted by Gasteiger charge is 2.53. The Balaban J connectivity index is 1.59. The van der Waals surface area contributed by atoms with Gasteiger partial charge >= 0.3 is 5.82 Å². The number of nitrogens with zero attached hydrogens (tertiary/aromatic N) is 3. The second-order valence-electron chi connectivity index (χ2n) is 7.93. The lowest BCUT2D eigenvalue weighted by Crippen LogP contribution is -2.53. The van der Waals surface area contributed by atoms with Gasteiger partial charge in [-0.3, -0.25) is 4.57 Å². The molecule has 1 N–H and O–H groups in total. The van der Waals surface area contributed by atoms with Crippen LogP contribution in [0.15, 0.2) is 6.33 Å². The van der Waals surface area contributed by atoms with Crippen LogP contribution in [0.25, 0.3) is 0 Å². The fraction of sp³-hybridized carbons (Fsp3) is 0.812. The maximum absolute atomic E-state index is 11.2. The molecule has 1 aromatic rings. The molecule has 4 bridgehead atoms. The van der Waals surface area contributed by atoms with E-state index in [0.29, 0.717) is 11.2 Å². The summed E-state index contributed by atoms with van der Waals surface area (Å²) in [6.45, 7) is 2.21. The van der Waals surface area contributed by atoms with Crippen LogP contribution in [0, 0.1) is 33.3 Å². The topological polar surface area (TPSA) is 73.0 Å². The summed E-state index contributed by atoms with van der Waals surface area (Å²) in [6, 6.07) is 0.259. The molecule has 0 amide bonds. The monoisotopic (exact) mass is 304 g/mol. The largest absolute Gasteiger partial charge is 0.406 e. The first-order chi connectivity index (χ1) is 10.5. The molecule has 4 saturated carbocycles. The molecule has 1 heterocycles. The Kier molecular flexibility index (Phi) is 3.00. The first-order valence-electron chi connectivity index (χ1n) is 8.39. The van der Waals surface area contributed by atoms with Crippen LogP contribution < -0.4 is 5.32 Å². The molecule has 1 atom stereocenters. The molecule has 120 valence electrons. The maximum Gasteiger partial charge on any atom is 0.406 e. The van der Waals surface area contributed by atoms with E-state index < -0.39 is 4.92 Å². The van der Waals surface area contributed by atoms with Crippen molar-refractivity contribution in [3.63, 3.8) is 0 Å². The van der Waals surface area contributed by atoms with Gasteiger partial charge < -0.3 is 15.4 Å². The standard InChI is InChI=1S/C16H24N4O2/c1-10(18-15-14(20(21)22)17-9-19(15)2)16-6-11-3-12(7-16)5-13(4-11)8-16/h9-13,18H,3-8H2,1-2H3. The molecule has 0 spiro atoms. The number of anilines is 1. The first kappa shape index (κ1) is 14.0. The van der Waals surface area contributed by atoms with Crippen LogP contribution in [-0.4, -0.2) is 20.5 Å². The molecule has 4 aliphatic rings. The minimum absolute atomic E-state index is 0.0564. The smallest absolute Gasteiger partial charge is 0.361 e. The van der Waals surface area contributed by atoms with E-state index in [1.165, 1.54) is 44.9 Å². The van der Waals surface area contributed by atoms with Crippen molar-refractivity contribution in [2.24, 2.45) is 30.2 Å². The molecule has 4 fully saturated rings. The van der Waals surface area contributed by atoms with Gasteiger partial charge in [-0.25, -0.2) is 0 Å². The van der Waals surface area contributed by atoms with Crippen LogP contribution in [0.4, 0.5) is 11.6 Å². The quantitative estimate of drug-likeness (QED) is 0.684. The van der Waals surface area contributed by atoms with Crippen LogP contribution in [0.2, 0.25) is 0 Å². The van der Waals surface area contributed by atoms with Crippen LogP contribution in [0.1, 0.15) is 45.4 Å². The lowest BCUT2D eigenvalue weighted by Gasteiger charge is -2.59. The van der Waals surface area contributed by atoms with Crippen LogP contribution in [0.3, 0.4) is 0 Å². The van der Waals surface area contributed by atoms with Crippen molar-refractivity contribution in [3.8, 4) is 0 Å². The lowest BCUT2D eigenvalue weighted by atomic mass is 9.48. The van der Waals surface area contributed by atoms with Gasteiger partial charge in [-0.2, -0.15) is 0 Å². The van der Waals surface area contributed by atoms with E-state index >= 15 is 0 Å². The molecule has 6 heteroatoms. The summed E-state index contributed by atoms with van der Waals surface area (Å²) in [7, 11) is 1.81. The van der Waals surface area contributed by atoms with E-state index in [1.54, 1.807) is 4.57 Å². The third kappa shape index (κ3) is 2.03. The molecular formula is C16H24N4O2. The predicted molar refractivity (Wildman–Crippen MR) is 83.6 cm³/mol. The third-order valence-corrected chi connectivity index (χ3v) is 6.45. The zero-order valence-corrected chi connectivity index (χ0v) is 13.3. The van der Waals surface area contributed by atoms with Crippen molar-refractivity contribution < 1.29 is 4.92 Å². The summed E-state index contributed by atoms with van der Waals surface area (Å²) in [5.41, 5.74) is 0.326. The molecule has 5 rings (SSSR count). The molecule has 1 unspecified atom stereocenters. The average molecular weight is 304 g/mol. The van der Waals surface area contributed by atoms with E-state index in [4.69, 9.17) is 0 Å². The second kappa shape index (κ2) is 4.70. The number of nitro groups is 1. The molecule has 0 aliphatic heterocycles. The number of hydrogen-bond acceptors (Lipinski definition) is 4. The number of aromatic nitrogens is 2. The van der Waals surface area contributed by atoms with Crippen molar-refractivity contribution in [1.29, 1.82) is 0 Å². The summed E-state index contributed by atoms with van der Waals surface area (Å²) in [4.78, 5) is 14.7. The Morgan fingerprint density at radius 1 is 1.32 bits per heavy atom. The van der Waals surface area contributed by atoms with Crippen LogP contribution in [-0.2, 0) is 7.05 Å². The van der Waals surface area contributed by atoms with Crippen molar-refractivity contribution in [2.75, 3.05) is 5.32 Å². The summed E-state index contributed by atoms with van der Waals surface area (Å²) >= 11 is 0. The van der Waals surface area contributed by atoms with Gasteiger partial charge in [0.1, 0.15) is 0 Å². The fourth-order valence-corrected chi connectivity index (χ4v) is 5.78. The number of aryl methyl sites for hydroxylation is 1. The number of imidazole rings is 1. The average Bonchev–Trinajstić information content (AvgIpc) is 2.79. The molecule has 0 saturated heterocycles. The summed E-state index contributed by atoms with van der Waals surface area (Å²) in [6.07, 6.45) is 9.64. The highest BCUT2D eigenvalue weighted by molar-refractivity contribution is 5.53. The van der Waals surface area contributed by atoms with Gasteiger partial charge in [0.25, 0.3) is 0 Å². The van der Waals surface area contributed by atoms with E-state index in [9.17, 15) is 10.1 Å². The number of rotatable bonds is 4. The number of nitrogens with one attached hydrogen (secondary N) is 1. The second-order valence-corrected chi connectivity index (χ2v) is 7.93. The van der Waals surface area contributed by atoms with Crippen molar-refractivity contribution in [1.82, 2.24) is 9.55 Å². The predicted octanol–water partition coefficient (Wildman–Crippen LogP) is 3.35. The van der Waals surface area contributed by atoms with Gasteiger partial charge in [-0.1, -0.05) is 0 Å². The van der Waals surface area contributed by atoms with E-state index in [1.807, 2.05) is 7.05 Å². The minimum atomic E-state index is -0.394. The maximum atomic E-state index is 11.2. The van der Waals surface area contributed by atoms with Gasteiger partial charge in [-0.15, -0.1) is 0 Å². The van der Waals surface area contributed by atoms with Gasteiger partial charge in [0.15, 0.2) is 0 Å². The van der Waals surface area contributed by atoms with Crippen LogP contribution >= 0.6 is 0 Å². The Labute approximate surface area is 130 Å². The minimum Gasteiger partial charge on any atom is -0.361 e. The van der Waals surface area contributed by atoms with Gasteiger partial charge in [0.05, 0.1) is 0 Å². The van der Waals surface area contributed by atoms with Gasteiger partial charge in [0.2, 0.25) is 12.1 Å². The summed E-state index contributed by atoms with van der Waals surface area (Å²) in [5, 5.41) is 14.6. The van der Waals surface area contributed by atoms with Crippen molar-refractivity contribution >= 4 is 11.6 Å². The Hall–Kier alpha value is -1.59. The SMILES string of the molecule is CC(Nc1c([N+](=O)[O-])ncn1C)C12CC3CC(CC(C3)C1)C2. The zero-order valence-electron chi connectivity index (χ0n) is 13.3.